The number of nitrogens with one attached hydrogen (secondary N) is 1. The van der Waals surface area contributed by atoms with Crippen LogP contribution in [0.1, 0.15) is 245 Å². The van der Waals surface area contributed by atoms with Crippen LogP contribution >= 0.6 is 0 Å². The average molecular weight is 788 g/mol. The monoisotopic (exact) mass is 788 g/mol. The molecule has 0 aromatic heterocycles. The molecule has 0 aromatic rings. The summed E-state index contributed by atoms with van der Waals surface area (Å²) in [5, 5.41) is 23.0. The number of aliphatic hydroxyl groups is 2. The molecule has 2 atom stereocenters. The second-order valence-corrected chi connectivity index (χ2v) is 16.4. The molecule has 0 aliphatic carbocycles. The van der Waals surface area contributed by atoms with E-state index in [0.717, 1.165) is 77.0 Å². The quantitative estimate of drug-likeness (QED) is 0.0325. The molecule has 0 aliphatic rings. The summed E-state index contributed by atoms with van der Waals surface area (Å²) < 4.78 is 5.42. The molecule has 6 nitrogen and oxygen atoms in total. The zero-order valence-electron chi connectivity index (χ0n) is 37.1. The van der Waals surface area contributed by atoms with E-state index in [0.29, 0.717) is 19.4 Å². The zero-order valence-corrected chi connectivity index (χ0v) is 37.1. The minimum Gasteiger partial charge on any atom is -0.466 e. The maximum absolute atomic E-state index is 12.4. The summed E-state index contributed by atoms with van der Waals surface area (Å²) in [7, 11) is 0. The highest BCUT2D eigenvalue weighted by molar-refractivity contribution is 5.76. The maximum Gasteiger partial charge on any atom is 0.305 e. The first-order valence-electron chi connectivity index (χ1n) is 24.3. The van der Waals surface area contributed by atoms with Crippen LogP contribution in [0, 0.1) is 0 Å². The molecule has 6 heteroatoms. The number of allylic oxidation sites excluding steroid dienone is 5. The molecule has 0 radical (unpaired) electrons. The van der Waals surface area contributed by atoms with Crippen molar-refractivity contribution < 1.29 is 24.5 Å². The number of rotatable bonds is 44. The summed E-state index contributed by atoms with van der Waals surface area (Å²) in [6.07, 6.45) is 54.2. The van der Waals surface area contributed by atoms with Crippen molar-refractivity contribution in [1.29, 1.82) is 0 Å². The molecule has 2 unspecified atom stereocenters. The van der Waals surface area contributed by atoms with Gasteiger partial charge in [0.25, 0.3) is 0 Å². The van der Waals surface area contributed by atoms with Crippen molar-refractivity contribution in [3.05, 3.63) is 36.5 Å². The summed E-state index contributed by atoms with van der Waals surface area (Å²) in [5.41, 5.74) is 0. The van der Waals surface area contributed by atoms with E-state index in [1.165, 1.54) is 141 Å². The first kappa shape index (κ1) is 54.1. The number of carbonyl (C=O) groups excluding carboxylic acids is 2. The normalized spacial score (nSPS) is 13.0. The van der Waals surface area contributed by atoms with Crippen LogP contribution in [0.4, 0.5) is 0 Å². The fourth-order valence-corrected chi connectivity index (χ4v) is 7.09. The van der Waals surface area contributed by atoms with Gasteiger partial charge in [0.15, 0.2) is 0 Å². The van der Waals surface area contributed by atoms with E-state index >= 15 is 0 Å². The minimum atomic E-state index is -0.866. The van der Waals surface area contributed by atoms with E-state index in [1.807, 2.05) is 6.08 Å². The highest BCUT2D eigenvalue weighted by atomic mass is 16.5. The van der Waals surface area contributed by atoms with E-state index in [1.54, 1.807) is 6.08 Å². The number of unbranched alkanes of at least 4 members (excludes halogenated alkanes) is 29. The van der Waals surface area contributed by atoms with Crippen LogP contribution in [-0.4, -0.2) is 47.4 Å². The Morgan fingerprint density at radius 1 is 0.482 bits per heavy atom. The van der Waals surface area contributed by atoms with Gasteiger partial charge in [-0.3, -0.25) is 9.59 Å². The SMILES string of the molecule is CCCCCCCC/C=C\CCCCCCCC(=O)OCCCC/C=C\CCCCCCC(=O)NC(CO)C(O)/C=C/CCCCCCCCCCCCCC. The third-order valence-corrected chi connectivity index (χ3v) is 10.9. The molecule has 56 heavy (non-hydrogen) atoms. The van der Waals surface area contributed by atoms with Crippen molar-refractivity contribution in [2.45, 2.75) is 257 Å². The molecule has 0 heterocycles. The Balaban J connectivity index is 3.58. The third kappa shape index (κ3) is 41.7. The Hall–Kier alpha value is -1.92. The Labute approximate surface area is 347 Å². The molecule has 0 fully saturated rings. The van der Waals surface area contributed by atoms with Crippen LogP contribution in [0.15, 0.2) is 36.5 Å². The Morgan fingerprint density at radius 3 is 1.27 bits per heavy atom. The summed E-state index contributed by atoms with van der Waals surface area (Å²) in [5.74, 6) is -0.153. The number of amides is 1. The van der Waals surface area contributed by atoms with Gasteiger partial charge in [-0.05, 0) is 83.5 Å². The van der Waals surface area contributed by atoms with Gasteiger partial charge in [-0.2, -0.15) is 0 Å². The number of hydrogen-bond acceptors (Lipinski definition) is 5. The number of hydrogen-bond donors (Lipinski definition) is 3. The van der Waals surface area contributed by atoms with Gasteiger partial charge in [-0.1, -0.05) is 185 Å². The molecule has 1 amide bonds. The van der Waals surface area contributed by atoms with Crippen molar-refractivity contribution in [3.63, 3.8) is 0 Å². The fourth-order valence-electron chi connectivity index (χ4n) is 7.09. The largest absolute Gasteiger partial charge is 0.466 e. The molecule has 0 spiro atoms. The van der Waals surface area contributed by atoms with Gasteiger partial charge in [0.1, 0.15) is 0 Å². The van der Waals surface area contributed by atoms with Gasteiger partial charge in [0, 0.05) is 12.8 Å². The highest BCUT2D eigenvalue weighted by Gasteiger charge is 2.18. The van der Waals surface area contributed by atoms with Crippen molar-refractivity contribution in [3.8, 4) is 0 Å². The van der Waals surface area contributed by atoms with E-state index in [2.05, 4.69) is 43.5 Å². The lowest BCUT2D eigenvalue weighted by molar-refractivity contribution is -0.143. The molecule has 0 rings (SSSR count). The summed E-state index contributed by atoms with van der Waals surface area (Å²) in [6.45, 7) is 4.79. The van der Waals surface area contributed by atoms with Crippen LogP contribution in [0.3, 0.4) is 0 Å². The maximum atomic E-state index is 12.4. The highest BCUT2D eigenvalue weighted by Crippen LogP contribution is 2.14. The van der Waals surface area contributed by atoms with E-state index in [-0.39, 0.29) is 18.5 Å². The average Bonchev–Trinajstić information content (AvgIpc) is 3.20. The van der Waals surface area contributed by atoms with Crippen molar-refractivity contribution in [2.75, 3.05) is 13.2 Å². The number of aliphatic hydroxyl groups excluding tert-OH is 2. The molecule has 0 saturated carbocycles. The molecular weight excluding hydrogens is 695 g/mol. The number of ether oxygens (including phenoxy) is 1. The van der Waals surface area contributed by atoms with Crippen LogP contribution in [0.5, 0.6) is 0 Å². The number of esters is 1. The Bertz CT molecular complexity index is 915. The van der Waals surface area contributed by atoms with E-state index in [9.17, 15) is 19.8 Å². The standard InChI is InChI=1S/C50H93NO5/c1-3-5-7-9-11-13-15-17-19-21-23-28-32-36-40-44-50(55)56-45-41-37-33-29-25-24-27-31-35-39-43-49(54)51-47(46-52)48(53)42-38-34-30-26-22-20-18-16-14-12-10-8-6-4-2/h17,19,25,29,38,42,47-48,52-53H,3-16,18,20-24,26-28,30-37,39-41,43-46H2,1-2H3,(H,51,54)/b19-17-,29-25-,42-38+. The van der Waals surface area contributed by atoms with Crippen LogP contribution in [0.25, 0.3) is 0 Å². The van der Waals surface area contributed by atoms with Crippen molar-refractivity contribution >= 4 is 11.9 Å². The second-order valence-electron chi connectivity index (χ2n) is 16.4. The molecule has 328 valence electrons. The topological polar surface area (TPSA) is 95.9 Å². The lowest BCUT2D eigenvalue weighted by Crippen LogP contribution is -2.45. The van der Waals surface area contributed by atoms with Crippen LogP contribution in [0.2, 0.25) is 0 Å². The molecular formula is C50H93NO5. The predicted octanol–water partition coefficient (Wildman–Crippen LogP) is 14.1. The molecule has 0 saturated heterocycles. The third-order valence-electron chi connectivity index (χ3n) is 10.9. The van der Waals surface area contributed by atoms with Gasteiger partial charge >= 0.3 is 5.97 Å². The molecule has 0 bridgehead atoms. The van der Waals surface area contributed by atoms with Gasteiger partial charge in [0.05, 0.1) is 25.4 Å². The zero-order chi connectivity index (χ0) is 40.8. The Morgan fingerprint density at radius 2 is 0.839 bits per heavy atom. The first-order valence-corrected chi connectivity index (χ1v) is 24.3. The van der Waals surface area contributed by atoms with E-state index < -0.39 is 12.1 Å². The summed E-state index contributed by atoms with van der Waals surface area (Å²) >= 11 is 0. The lowest BCUT2D eigenvalue weighted by Gasteiger charge is -2.20. The first-order chi connectivity index (χ1) is 27.5. The van der Waals surface area contributed by atoms with Gasteiger partial charge in [-0.15, -0.1) is 0 Å². The fraction of sp³-hybridized carbons (Fsp3) is 0.840. The van der Waals surface area contributed by atoms with Crippen molar-refractivity contribution in [1.82, 2.24) is 5.32 Å². The van der Waals surface area contributed by atoms with Gasteiger partial charge < -0.3 is 20.3 Å². The van der Waals surface area contributed by atoms with Gasteiger partial charge in [0.2, 0.25) is 5.91 Å². The molecule has 0 aromatic carbocycles. The Kier molecular flexibility index (Phi) is 44.2. The number of carbonyl (C=O) groups is 2. The predicted molar refractivity (Wildman–Crippen MR) is 241 cm³/mol. The summed E-state index contributed by atoms with van der Waals surface area (Å²) in [6, 6.07) is -0.653. The summed E-state index contributed by atoms with van der Waals surface area (Å²) in [4.78, 5) is 24.4. The molecule has 0 aliphatic heterocycles. The van der Waals surface area contributed by atoms with Crippen molar-refractivity contribution in [2.24, 2.45) is 0 Å². The minimum absolute atomic E-state index is 0.0472. The van der Waals surface area contributed by atoms with Crippen LogP contribution in [-0.2, 0) is 14.3 Å². The smallest absolute Gasteiger partial charge is 0.305 e. The molecule has 3 N–H and O–H groups in total. The van der Waals surface area contributed by atoms with E-state index in [4.69, 9.17) is 4.74 Å². The lowest BCUT2D eigenvalue weighted by atomic mass is 10.0. The second kappa shape index (κ2) is 45.8. The van der Waals surface area contributed by atoms with Gasteiger partial charge in [-0.25, -0.2) is 0 Å². The van der Waals surface area contributed by atoms with Crippen LogP contribution < -0.4 is 5.32 Å².